The molecule has 2 aromatic rings. The van der Waals surface area contributed by atoms with E-state index >= 15 is 0 Å². The smallest absolute Gasteiger partial charge is 0.493 e. The van der Waals surface area contributed by atoms with Gasteiger partial charge in [0.15, 0.2) is 0 Å². The third-order valence-electron chi connectivity index (χ3n) is 8.23. The predicted molar refractivity (Wildman–Crippen MR) is 192 cm³/mol. The van der Waals surface area contributed by atoms with Gasteiger partial charge in [0.2, 0.25) is 11.4 Å². The molecule has 0 unspecified atom stereocenters. The maximum Gasteiger partial charge on any atom is 2.00 e. The van der Waals surface area contributed by atoms with Crippen molar-refractivity contribution in [1.29, 1.82) is 0 Å². The zero-order valence-corrected chi connectivity index (χ0v) is 30.7. The summed E-state index contributed by atoms with van der Waals surface area (Å²) in [6.07, 6.45) is 17.3. The van der Waals surface area contributed by atoms with E-state index in [1.165, 1.54) is 95.9 Å². The van der Waals surface area contributed by atoms with Crippen molar-refractivity contribution in [2.24, 2.45) is 0 Å². The first-order chi connectivity index (χ1) is 21.0. The molecular weight excluding hydrogens is 579 g/mol. The molecule has 0 amide bonds. The normalized spacial score (nSPS) is 12.5. The standard InChI is InChI=1S/C37H54N2.2C2H5.Ni/c1-7-12-17-29-22-30(18-13-8-2)25-33(24-29)36-28(6)35(21-16-11-5)37(39(36)38)34-26-31(19-14-9-3)23-32(27-34)20-15-10-4;2*1-2;/h22-27H,7-21H2,1-6H3;2*1H2,2H3;/q;2*-1;+2. The van der Waals surface area contributed by atoms with Crippen LogP contribution in [-0.4, -0.2) is 4.70 Å². The van der Waals surface area contributed by atoms with Crippen molar-refractivity contribution in [3.8, 4) is 0 Å². The van der Waals surface area contributed by atoms with Gasteiger partial charge < -0.3 is 19.4 Å². The van der Waals surface area contributed by atoms with Gasteiger partial charge in [-0.1, -0.05) is 78.9 Å². The van der Waals surface area contributed by atoms with Gasteiger partial charge in [-0.05, 0) is 118 Å². The minimum absolute atomic E-state index is 0. The van der Waals surface area contributed by atoms with Gasteiger partial charge >= 0.3 is 16.5 Å². The summed E-state index contributed by atoms with van der Waals surface area (Å²) in [6.45, 7) is 23.6. The fourth-order valence-corrected chi connectivity index (χ4v) is 5.91. The van der Waals surface area contributed by atoms with Crippen LogP contribution in [0.25, 0.3) is 16.9 Å². The van der Waals surface area contributed by atoms with E-state index in [1.54, 1.807) is 18.5 Å². The molecule has 248 valence electrons. The number of rotatable bonds is 17. The zero-order valence-electron chi connectivity index (χ0n) is 29.7. The summed E-state index contributed by atoms with van der Waals surface area (Å²) in [5.74, 6) is 0. The fraction of sp³-hybridized carbons (Fsp3) is 0.561. The summed E-state index contributed by atoms with van der Waals surface area (Å²) in [4.78, 5) is 0. The van der Waals surface area contributed by atoms with Crippen LogP contribution in [0.3, 0.4) is 0 Å². The van der Waals surface area contributed by atoms with Gasteiger partial charge in [-0.3, -0.25) is 0 Å². The molecule has 1 heterocycles. The van der Waals surface area contributed by atoms with Crippen LogP contribution in [0.1, 0.15) is 159 Å². The third-order valence-corrected chi connectivity index (χ3v) is 8.23. The molecule has 3 heteroatoms. The van der Waals surface area contributed by atoms with Crippen molar-refractivity contribution in [3.63, 3.8) is 0 Å². The first kappa shape index (κ1) is 42.0. The summed E-state index contributed by atoms with van der Waals surface area (Å²) in [7, 11) is 0. The van der Waals surface area contributed by atoms with Crippen molar-refractivity contribution in [3.05, 3.63) is 100 Å². The predicted octanol–water partition coefficient (Wildman–Crippen LogP) is 13.1. The average molecular weight is 644 g/mol. The molecule has 0 aromatic heterocycles. The molecule has 0 aliphatic carbocycles. The first-order valence-corrected chi connectivity index (χ1v) is 17.6. The molecule has 0 radical (unpaired) electrons. The number of allylic oxidation sites excluding steroid dienone is 2. The molecule has 44 heavy (non-hydrogen) atoms. The Labute approximate surface area is 283 Å². The van der Waals surface area contributed by atoms with E-state index in [0.29, 0.717) is 0 Å². The Morgan fingerprint density at radius 1 is 0.500 bits per heavy atom. The molecule has 2 nitrogen and oxygen atoms in total. The molecule has 0 bridgehead atoms. The zero-order chi connectivity index (χ0) is 32.2. The Morgan fingerprint density at radius 2 is 0.795 bits per heavy atom. The maximum atomic E-state index is 12.0. The van der Waals surface area contributed by atoms with Gasteiger partial charge in [-0.25, -0.2) is 4.70 Å². The van der Waals surface area contributed by atoms with Crippen molar-refractivity contribution >= 4 is 11.4 Å². The van der Waals surface area contributed by atoms with Gasteiger partial charge in [0.25, 0.3) is 0 Å². The molecule has 1 aliphatic heterocycles. The van der Waals surface area contributed by atoms with Crippen LogP contribution in [0.5, 0.6) is 0 Å². The Bertz CT molecular complexity index is 1120. The fourth-order valence-electron chi connectivity index (χ4n) is 5.91. The molecule has 1 aliphatic rings. The van der Waals surface area contributed by atoms with Crippen LogP contribution in [0.2, 0.25) is 0 Å². The van der Waals surface area contributed by atoms with Crippen molar-refractivity contribution in [2.75, 3.05) is 0 Å². The van der Waals surface area contributed by atoms with Crippen LogP contribution < -0.4 is 0 Å². The molecule has 0 saturated carbocycles. The van der Waals surface area contributed by atoms with Gasteiger partial charge in [-0.2, -0.15) is 13.8 Å². The van der Waals surface area contributed by atoms with E-state index in [1.807, 2.05) is 0 Å². The van der Waals surface area contributed by atoms with Gasteiger partial charge in [0.05, 0.1) is 0 Å². The number of unbranched alkanes of at least 4 members (excludes halogenated alkanes) is 5. The second-order valence-electron chi connectivity index (χ2n) is 11.7. The summed E-state index contributed by atoms with van der Waals surface area (Å²) >= 11 is 0. The van der Waals surface area contributed by atoms with E-state index in [-0.39, 0.29) is 16.5 Å². The summed E-state index contributed by atoms with van der Waals surface area (Å²) in [5.41, 5.74) is 24.5. The van der Waals surface area contributed by atoms with Gasteiger partial charge in [0.1, 0.15) is 0 Å². The van der Waals surface area contributed by atoms with E-state index in [4.69, 9.17) is 0 Å². The number of hydrogen-bond donors (Lipinski definition) is 0. The molecule has 3 rings (SSSR count). The summed E-state index contributed by atoms with van der Waals surface area (Å²) in [6, 6.07) is 14.2. The van der Waals surface area contributed by atoms with Crippen molar-refractivity contribution in [2.45, 2.75) is 152 Å². The molecule has 0 N–H and O–H groups in total. The van der Waals surface area contributed by atoms with Gasteiger partial charge in [-0.15, -0.1) is 0 Å². The van der Waals surface area contributed by atoms with Crippen LogP contribution in [0.4, 0.5) is 0 Å². The van der Waals surface area contributed by atoms with Crippen molar-refractivity contribution < 1.29 is 21.2 Å². The monoisotopic (exact) mass is 642 g/mol. The minimum atomic E-state index is 0. The Balaban J connectivity index is 0.00000355. The van der Waals surface area contributed by atoms with Gasteiger partial charge in [0, 0.05) is 22.3 Å². The van der Waals surface area contributed by atoms with Crippen molar-refractivity contribution in [1.82, 2.24) is 0 Å². The topological polar surface area (TPSA) is 25.3 Å². The quantitative estimate of drug-likeness (QED) is 0.0931. The van der Waals surface area contributed by atoms with Crippen LogP contribution in [0, 0.1) is 13.8 Å². The summed E-state index contributed by atoms with van der Waals surface area (Å²) < 4.78 is 1.56. The second-order valence-corrected chi connectivity index (χ2v) is 11.7. The van der Waals surface area contributed by atoms with Crippen LogP contribution in [0.15, 0.2) is 47.5 Å². The van der Waals surface area contributed by atoms with Crippen LogP contribution in [-0.2, 0) is 42.2 Å². The SMILES string of the molecule is CCCCC1=C(c2cc(CCCC)cc(CCCC)c2)[N+](=[N-])C(c2cc(CCCC)cc(CCCC)c2)=C1C.[CH2-]C.[CH2-]C.[Ni+2]. The number of benzene rings is 2. The molecule has 2 aromatic carbocycles. The van der Waals surface area contributed by atoms with E-state index < -0.39 is 0 Å². The second kappa shape index (κ2) is 24.3. The number of hydrogen-bond acceptors (Lipinski definition) is 0. The molecular formula is C41H64N2Ni. The Kier molecular flexibility index (Phi) is 23.2. The first-order valence-electron chi connectivity index (χ1n) is 17.6. The molecule has 0 fully saturated rings. The van der Waals surface area contributed by atoms with E-state index in [9.17, 15) is 5.53 Å². The number of nitrogens with zero attached hydrogens (tertiary/aromatic N) is 2. The Hall–Kier alpha value is -1.99. The average Bonchev–Trinajstić information content (AvgIpc) is 3.29. The Morgan fingerprint density at radius 3 is 1.11 bits per heavy atom. The third kappa shape index (κ3) is 12.4. The maximum absolute atomic E-state index is 12.0. The minimum Gasteiger partial charge on any atom is -0.493 e. The largest absolute Gasteiger partial charge is 2.00 e. The van der Waals surface area contributed by atoms with E-state index in [0.717, 1.165) is 56.3 Å². The summed E-state index contributed by atoms with van der Waals surface area (Å²) in [5, 5.41) is 0. The van der Waals surface area contributed by atoms with Crippen LogP contribution >= 0.6 is 0 Å². The molecule has 0 saturated heterocycles. The molecule has 0 spiro atoms. The molecule has 0 atom stereocenters. The number of aryl methyl sites for hydroxylation is 4. The van der Waals surface area contributed by atoms with E-state index in [2.05, 4.69) is 91.8 Å².